The van der Waals surface area contributed by atoms with Crippen LogP contribution >= 0.6 is 11.3 Å². The Bertz CT molecular complexity index is 663. The Balaban J connectivity index is 1.54. The molecule has 3 aromatic rings. The second-order valence-corrected chi connectivity index (χ2v) is 5.67. The summed E-state index contributed by atoms with van der Waals surface area (Å²) in [6.07, 6.45) is 1.22. The van der Waals surface area contributed by atoms with Gasteiger partial charge in [0.25, 0.3) is 0 Å². The lowest BCUT2D eigenvalue weighted by atomic mass is 10.3. The van der Waals surface area contributed by atoms with Crippen molar-refractivity contribution in [2.24, 2.45) is 0 Å². The van der Waals surface area contributed by atoms with Crippen LogP contribution in [0.25, 0.3) is 11.0 Å². The first-order valence-corrected chi connectivity index (χ1v) is 7.39. The van der Waals surface area contributed by atoms with E-state index in [0.29, 0.717) is 19.8 Å². The minimum atomic E-state index is -0.535. The predicted molar refractivity (Wildman–Crippen MR) is 79.7 cm³/mol. The fraction of sp³-hybridized carbons (Fsp3) is 0.267. The van der Waals surface area contributed by atoms with Crippen molar-refractivity contribution in [2.45, 2.75) is 19.3 Å². The van der Waals surface area contributed by atoms with Crippen molar-refractivity contribution in [1.82, 2.24) is 9.55 Å². The average molecular weight is 288 g/mol. The summed E-state index contributed by atoms with van der Waals surface area (Å²) in [5, 5.41) is 12.1. The molecular weight excluding hydrogens is 272 g/mol. The molecule has 2 heterocycles. The fourth-order valence-electron chi connectivity index (χ4n) is 2.13. The highest BCUT2D eigenvalue weighted by Crippen LogP contribution is 2.13. The number of hydrogen-bond acceptors (Lipinski definition) is 4. The highest BCUT2D eigenvalue weighted by molar-refractivity contribution is 7.09. The SMILES string of the molecule is O[C@@H](COCc1cccs1)Cn1cnc2ccccc21. The number of aliphatic hydroxyl groups is 1. The lowest BCUT2D eigenvalue weighted by molar-refractivity contribution is 0.0218. The summed E-state index contributed by atoms with van der Waals surface area (Å²) in [6, 6.07) is 11.9. The quantitative estimate of drug-likeness (QED) is 0.758. The zero-order chi connectivity index (χ0) is 13.8. The van der Waals surface area contributed by atoms with E-state index in [-0.39, 0.29) is 0 Å². The first-order chi connectivity index (χ1) is 9.83. The van der Waals surface area contributed by atoms with Gasteiger partial charge in [-0.3, -0.25) is 0 Å². The third-order valence-corrected chi connectivity index (χ3v) is 3.92. The van der Waals surface area contributed by atoms with Gasteiger partial charge in [0.2, 0.25) is 0 Å². The molecular formula is C15H16N2O2S. The van der Waals surface area contributed by atoms with Crippen LogP contribution < -0.4 is 0 Å². The van der Waals surface area contributed by atoms with E-state index in [9.17, 15) is 5.11 Å². The number of nitrogens with zero attached hydrogens (tertiary/aromatic N) is 2. The lowest BCUT2D eigenvalue weighted by Gasteiger charge is -2.12. The number of aromatic nitrogens is 2. The Labute approximate surface area is 121 Å². The summed E-state index contributed by atoms with van der Waals surface area (Å²) in [7, 11) is 0. The Hall–Kier alpha value is -1.69. The number of thiophene rings is 1. The van der Waals surface area contributed by atoms with Gasteiger partial charge in [-0.1, -0.05) is 18.2 Å². The summed E-state index contributed by atoms with van der Waals surface area (Å²) >= 11 is 1.66. The second-order valence-electron chi connectivity index (χ2n) is 4.63. The number of benzene rings is 1. The van der Waals surface area contributed by atoms with Crippen LogP contribution in [-0.2, 0) is 17.9 Å². The van der Waals surface area contributed by atoms with Crippen molar-refractivity contribution < 1.29 is 9.84 Å². The number of fused-ring (bicyclic) bond motifs is 1. The molecule has 0 aliphatic carbocycles. The van der Waals surface area contributed by atoms with Gasteiger partial charge in [-0.25, -0.2) is 4.98 Å². The van der Waals surface area contributed by atoms with E-state index in [2.05, 4.69) is 4.98 Å². The van der Waals surface area contributed by atoms with Crippen LogP contribution in [0.15, 0.2) is 48.1 Å². The van der Waals surface area contributed by atoms with Crippen molar-refractivity contribution in [2.75, 3.05) is 6.61 Å². The molecule has 0 saturated carbocycles. The highest BCUT2D eigenvalue weighted by Gasteiger charge is 2.08. The molecule has 0 spiro atoms. The molecule has 0 aliphatic rings. The summed E-state index contributed by atoms with van der Waals surface area (Å²) in [6.45, 7) is 1.37. The molecule has 0 amide bonds. The molecule has 4 nitrogen and oxygen atoms in total. The molecule has 0 aliphatic heterocycles. The van der Waals surface area contributed by atoms with Crippen LogP contribution in [0.1, 0.15) is 4.88 Å². The van der Waals surface area contributed by atoms with Gasteiger partial charge in [0.1, 0.15) is 0 Å². The number of aliphatic hydroxyl groups excluding tert-OH is 1. The first-order valence-electron chi connectivity index (χ1n) is 6.51. The summed E-state index contributed by atoms with van der Waals surface area (Å²) in [4.78, 5) is 5.48. The molecule has 0 saturated heterocycles. The summed E-state index contributed by atoms with van der Waals surface area (Å²) in [5.41, 5.74) is 1.98. The smallest absolute Gasteiger partial charge is 0.0959 e. The van der Waals surface area contributed by atoms with Gasteiger partial charge in [0.05, 0.1) is 43.2 Å². The zero-order valence-corrected chi connectivity index (χ0v) is 11.8. The van der Waals surface area contributed by atoms with E-state index in [1.165, 1.54) is 4.88 Å². The standard InChI is InChI=1S/C15H16N2O2S/c18-12(9-19-10-13-4-3-7-20-13)8-17-11-16-14-5-1-2-6-15(14)17/h1-7,11-12,18H,8-10H2/t12-/m1/s1. The predicted octanol–water partition coefficient (Wildman–Crippen LogP) is 2.68. The Morgan fingerprint density at radius 1 is 1.25 bits per heavy atom. The van der Waals surface area contributed by atoms with Crippen LogP contribution in [-0.4, -0.2) is 27.4 Å². The van der Waals surface area contributed by atoms with Gasteiger partial charge < -0.3 is 14.4 Å². The maximum Gasteiger partial charge on any atom is 0.0959 e. The molecule has 1 N–H and O–H groups in total. The van der Waals surface area contributed by atoms with Gasteiger partial charge in [0, 0.05) is 4.88 Å². The van der Waals surface area contributed by atoms with Gasteiger partial charge in [-0.15, -0.1) is 11.3 Å². The summed E-state index contributed by atoms with van der Waals surface area (Å²) < 4.78 is 7.48. The molecule has 20 heavy (non-hydrogen) atoms. The topological polar surface area (TPSA) is 47.3 Å². The Morgan fingerprint density at radius 2 is 2.15 bits per heavy atom. The van der Waals surface area contributed by atoms with Crippen LogP contribution in [0.4, 0.5) is 0 Å². The number of hydrogen-bond donors (Lipinski definition) is 1. The van der Waals surface area contributed by atoms with Gasteiger partial charge in [-0.05, 0) is 23.6 Å². The largest absolute Gasteiger partial charge is 0.389 e. The minimum absolute atomic E-state index is 0.324. The number of imidazole rings is 1. The molecule has 0 bridgehead atoms. The third kappa shape index (κ3) is 3.07. The van der Waals surface area contributed by atoms with Gasteiger partial charge in [0.15, 0.2) is 0 Å². The molecule has 0 unspecified atom stereocenters. The number of ether oxygens (including phenoxy) is 1. The third-order valence-electron chi connectivity index (χ3n) is 3.07. The van der Waals surface area contributed by atoms with E-state index in [1.807, 2.05) is 46.3 Å². The van der Waals surface area contributed by atoms with E-state index < -0.39 is 6.10 Å². The maximum atomic E-state index is 10.0. The fourth-order valence-corrected chi connectivity index (χ4v) is 2.77. The van der Waals surface area contributed by atoms with Crippen molar-refractivity contribution in [3.05, 3.63) is 53.0 Å². The molecule has 5 heteroatoms. The van der Waals surface area contributed by atoms with Crippen LogP contribution in [0.3, 0.4) is 0 Å². The Kier molecular flexibility index (Phi) is 4.11. The van der Waals surface area contributed by atoms with E-state index in [0.717, 1.165) is 11.0 Å². The first kappa shape index (κ1) is 13.3. The highest BCUT2D eigenvalue weighted by atomic mass is 32.1. The number of rotatable bonds is 6. The van der Waals surface area contributed by atoms with Gasteiger partial charge >= 0.3 is 0 Å². The molecule has 0 fully saturated rings. The van der Waals surface area contributed by atoms with Crippen LogP contribution in [0, 0.1) is 0 Å². The average Bonchev–Trinajstić information content (AvgIpc) is 3.09. The summed E-state index contributed by atoms with van der Waals surface area (Å²) in [5.74, 6) is 0. The van der Waals surface area contributed by atoms with E-state index in [4.69, 9.17) is 4.74 Å². The van der Waals surface area contributed by atoms with Crippen LogP contribution in [0.5, 0.6) is 0 Å². The van der Waals surface area contributed by atoms with E-state index in [1.54, 1.807) is 17.7 Å². The maximum absolute atomic E-state index is 10.0. The minimum Gasteiger partial charge on any atom is -0.389 e. The molecule has 1 aromatic carbocycles. The molecule has 3 rings (SSSR count). The van der Waals surface area contributed by atoms with Crippen molar-refractivity contribution in [3.63, 3.8) is 0 Å². The number of para-hydroxylation sites is 2. The lowest BCUT2D eigenvalue weighted by Crippen LogP contribution is -2.21. The second kappa shape index (κ2) is 6.17. The zero-order valence-electron chi connectivity index (χ0n) is 11.0. The van der Waals surface area contributed by atoms with Crippen molar-refractivity contribution in [3.8, 4) is 0 Å². The normalized spacial score (nSPS) is 12.8. The Morgan fingerprint density at radius 3 is 3.00 bits per heavy atom. The van der Waals surface area contributed by atoms with Crippen molar-refractivity contribution in [1.29, 1.82) is 0 Å². The molecule has 104 valence electrons. The van der Waals surface area contributed by atoms with Crippen molar-refractivity contribution >= 4 is 22.4 Å². The molecule has 2 aromatic heterocycles. The monoisotopic (exact) mass is 288 g/mol. The van der Waals surface area contributed by atoms with Crippen LogP contribution in [0.2, 0.25) is 0 Å². The molecule has 0 radical (unpaired) electrons. The van der Waals surface area contributed by atoms with Gasteiger partial charge in [-0.2, -0.15) is 0 Å². The van der Waals surface area contributed by atoms with E-state index >= 15 is 0 Å². The molecule has 1 atom stereocenters.